The van der Waals surface area contributed by atoms with E-state index in [2.05, 4.69) is 41.5 Å². The van der Waals surface area contributed by atoms with Crippen LogP contribution in [-0.4, -0.2) is 0 Å². The average Bonchev–Trinajstić information content (AvgIpc) is 1.85. The Morgan fingerprint density at radius 2 is 1.55 bits per heavy atom. The van der Waals surface area contributed by atoms with Crippen molar-refractivity contribution in [3.63, 3.8) is 0 Å². The first-order chi connectivity index (χ1) is 5.06. The van der Waals surface area contributed by atoms with Gasteiger partial charge in [-0.2, -0.15) is 0 Å². The van der Waals surface area contributed by atoms with Gasteiger partial charge in [0.2, 0.25) is 0 Å². The summed E-state index contributed by atoms with van der Waals surface area (Å²) in [5.74, 6) is -0.328. The van der Waals surface area contributed by atoms with E-state index in [4.69, 9.17) is 1.37 Å². The van der Waals surface area contributed by atoms with Crippen LogP contribution in [0.3, 0.4) is 0 Å². The Labute approximate surface area is 73.8 Å². The topological polar surface area (TPSA) is 0 Å². The normalized spacial score (nSPS) is 20.8. The Hall–Kier alpha value is 0. The predicted molar refractivity (Wildman–Crippen MR) is 52.7 cm³/mol. The molecule has 0 aliphatic carbocycles. The van der Waals surface area contributed by atoms with Crippen molar-refractivity contribution in [3.8, 4) is 0 Å². The van der Waals surface area contributed by atoms with Gasteiger partial charge in [0.05, 0.1) is 0 Å². The van der Waals surface area contributed by atoms with Gasteiger partial charge in [-0.05, 0) is 16.7 Å². The summed E-state index contributed by atoms with van der Waals surface area (Å²) < 4.78 is 8.23. The van der Waals surface area contributed by atoms with Crippen LogP contribution in [0.1, 0.15) is 56.3 Å². The molecule has 68 valence electrons. The van der Waals surface area contributed by atoms with Crippen molar-refractivity contribution in [2.75, 3.05) is 0 Å². The van der Waals surface area contributed by atoms with Gasteiger partial charge in [0.1, 0.15) is 0 Å². The van der Waals surface area contributed by atoms with Gasteiger partial charge in [0.25, 0.3) is 0 Å². The van der Waals surface area contributed by atoms with E-state index in [9.17, 15) is 0 Å². The molecule has 0 bridgehead atoms. The lowest BCUT2D eigenvalue weighted by Gasteiger charge is -2.43. The van der Waals surface area contributed by atoms with E-state index in [1.807, 2.05) is 6.92 Å². The van der Waals surface area contributed by atoms with Gasteiger partial charge < -0.3 is 0 Å². The molecule has 0 heterocycles. The van der Waals surface area contributed by atoms with Crippen LogP contribution in [-0.2, 0) is 0 Å². The molecular weight excluding hydrogens is 132 g/mol. The molecule has 1 atom stereocenters. The number of hydrogen-bond acceptors (Lipinski definition) is 0. The quantitative estimate of drug-likeness (QED) is 0.566. The summed E-state index contributed by atoms with van der Waals surface area (Å²) in [4.78, 5) is 0. The molecule has 0 nitrogen and oxygen atoms in total. The molecule has 0 aliphatic rings. The van der Waals surface area contributed by atoms with E-state index in [-0.39, 0.29) is 16.7 Å². The molecule has 0 spiro atoms. The minimum Gasteiger partial charge on any atom is -0.0651 e. The third-order valence-electron chi connectivity index (χ3n) is 3.47. The first-order valence-corrected chi connectivity index (χ1v) is 4.56. The second kappa shape index (κ2) is 3.16. The Bertz CT molecular complexity index is 149. The fourth-order valence-corrected chi connectivity index (χ4v) is 1.08. The standard InChI is InChI=1S/C11H24/c1-8-9(2)11(6,7)10(3,4)5/h9H,8H2,1-7H3/i9D. The van der Waals surface area contributed by atoms with Gasteiger partial charge in [0.15, 0.2) is 0 Å². The maximum absolute atomic E-state index is 8.23. The van der Waals surface area contributed by atoms with E-state index in [1.165, 1.54) is 0 Å². The molecule has 0 amide bonds. The lowest BCUT2D eigenvalue weighted by atomic mass is 9.62. The highest BCUT2D eigenvalue weighted by molar-refractivity contribution is 4.85. The van der Waals surface area contributed by atoms with Crippen molar-refractivity contribution in [1.29, 1.82) is 0 Å². The molecule has 11 heavy (non-hydrogen) atoms. The largest absolute Gasteiger partial charge is 0.0651 e. The molecule has 0 heteroatoms. The first-order valence-electron chi connectivity index (χ1n) is 5.06. The lowest BCUT2D eigenvalue weighted by molar-refractivity contribution is 0.0619. The second-order valence-electron chi connectivity index (χ2n) is 5.01. The summed E-state index contributed by atoms with van der Waals surface area (Å²) in [6.07, 6.45) is 0.914. The van der Waals surface area contributed by atoms with Crippen molar-refractivity contribution in [2.24, 2.45) is 16.7 Å². The van der Waals surface area contributed by atoms with Crippen LogP contribution in [0.5, 0.6) is 0 Å². The van der Waals surface area contributed by atoms with Gasteiger partial charge in [-0.3, -0.25) is 0 Å². The molecule has 0 saturated heterocycles. The fourth-order valence-electron chi connectivity index (χ4n) is 1.08. The lowest BCUT2D eigenvalue weighted by Crippen LogP contribution is -2.35. The van der Waals surface area contributed by atoms with Crippen LogP contribution in [0.2, 0.25) is 0 Å². The first kappa shape index (κ1) is 9.09. The van der Waals surface area contributed by atoms with Crippen molar-refractivity contribution in [2.45, 2.75) is 54.9 Å². The Kier molecular flexibility index (Phi) is 2.61. The van der Waals surface area contributed by atoms with Crippen LogP contribution in [0.25, 0.3) is 0 Å². The molecular formula is C11H24. The Balaban J connectivity index is 4.85. The molecule has 0 aromatic heterocycles. The highest BCUT2D eigenvalue weighted by Crippen LogP contribution is 2.44. The zero-order valence-corrected chi connectivity index (χ0v) is 9.21. The van der Waals surface area contributed by atoms with Crippen molar-refractivity contribution >= 4 is 0 Å². The summed E-state index contributed by atoms with van der Waals surface area (Å²) in [6.45, 7) is 15.2. The van der Waals surface area contributed by atoms with E-state index < -0.39 is 0 Å². The summed E-state index contributed by atoms with van der Waals surface area (Å²) in [5.41, 5.74) is 0.244. The van der Waals surface area contributed by atoms with Crippen LogP contribution in [0.15, 0.2) is 0 Å². The van der Waals surface area contributed by atoms with Crippen LogP contribution in [0, 0.1) is 16.7 Å². The summed E-state index contributed by atoms with van der Waals surface area (Å²) in [5, 5.41) is 0. The summed E-state index contributed by atoms with van der Waals surface area (Å²) in [7, 11) is 0. The third kappa shape index (κ3) is 2.21. The molecule has 0 N–H and O–H groups in total. The highest BCUT2D eigenvalue weighted by Gasteiger charge is 2.36. The Morgan fingerprint density at radius 3 is 1.64 bits per heavy atom. The van der Waals surface area contributed by atoms with Crippen LogP contribution < -0.4 is 0 Å². The summed E-state index contributed by atoms with van der Waals surface area (Å²) in [6, 6.07) is 0. The van der Waals surface area contributed by atoms with E-state index in [0.717, 1.165) is 6.42 Å². The zero-order valence-electron chi connectivity index (χ0n) is 10.2. The van der Waals surface area contributed by atoms with Gasteiger partial charge >= 0.3 is 0 Å². The zero-order chi connectivity index (χ0) is 10.2. The molecule has 0 radical (unpaired) electrons. The minimum absolute atomic E-state index is 0.0503. The smallest absolute Gasteiger partial charge is 0.0305 e. The fraction of sp³-hybridized carbons (Fsp3) is 1.00. The minimum atomic E-state index is -0.328. The SMILES string of the molecule is [2H]C(C)(CC)C(C)(C)C(C)(C)C. The molecule has 0 aliphatic heterocycles. The molecule has 0 saturated carbocycles. The Morgan fingerprint density at radius 1 is 1.18 bits per heavy atom. The van der Waals surface area contributed by atoms with E-state index in [1.54, 1.807) is 0 Å². The third-order valence-corrected chi connectivity index (χ3v) is 3.47. The van der Waals surface area contributed by atoms with Gasteiger partial charge in [-0.1, -0.05) is 54.9 Å². The average molecular weight is 157 g/mol. The van der Waals surface area contributed by atoms with E-state index >= 15 is 0 Å². The molecule has 1 unspecified atom stereocenters. The van der Waals surface area contributed by atoms with Crippen molar-refractivity contribution in [1.82, 2.24) is 0 Å². The van der Waals surface area contributed by atoms with Crippen molar-refractivity contribution < 1.29 is 1.37 Å². The van der Waals surface area contributed by atoms with E-state index in [0.29, 0.717) is 0 Å². The van der Waals surface area contributed by atoms with Gasteiger partial charge in [-0.15, -0.1) is 0 Å². The predicted octanol–water partition coefficient (Wildman–Crippen LogP) is 4.10. The number of rotatable bonds is 2. The molecule has 0 fully saturated rings. The maximum Gasteiger partial charge on any atom is 0.0305 e. The molecule has 0 rings (SSSR count). The summed E-state index contributed by atoms with van der Waals surface area (Å²) >= 11 is 0. The monoisotopic (exact) mass is 157 g/mol. The molecule has 0 aromatic carbocycles. The van der Waals surface area contributed by atoms with Crippen LogP contribution >= 0.6 is 0 Å². The number of hydrogen-bond donors (Lipinski definition) is 0. The maximum atomic E-state index is 8.23. The highest BCUT2D eigenvalue weighted by atomic mass is 14.4. The van der Waals surface area contributed by atoms with Gasteiger partial charge in [-0.25, -0.2) is 0 Å². The van der Waals surface area contributed by atoms with Gasteiger partial charge in [0, 0.05) is 1.37 Å². The van der Waals surface area contributed by atoms with Crippen LogP contribution in [0.4, 0.5) is 0 Å². The molecule has 0 aromatic rings. The second-order valence-corrected chi connectivity index (χ2v) is 5.01. The van der Waals surface area contributed by atoms with Crippen molar-refractivity contribution in [3.05, 3.63) is 0 Å².